The van der Waals surface area contributed by atoms with E-state index in [0.29, 0.717) is 11.3 Å². The van der Waals surface area contributed by atoms with Crippen LogP contribution in [0.4, 0.5) is 10.1 Å². The Labute approximate surface area is 124 Å². The third-order valence-corrected chi connectivity index (χ3v) is 4.83. The van der Waals surface area contributed by atoms with Crippen molar-refractivity contribution < 1.29 is 9.60 Å². The summed E-state index contributed by atoms with van der Waals surface area (Å²) in [5, 5.41) is 11.6. The Balaban J connectivity index is 2.34. The van der Waals surface area contributed by atoms with Gasteiger partial charge in [-0.3, -0.25) is 0 Å². The quantitative estimate of drug-likeness (QED) is 0.373. The number of thioether (sulfide) groups is 1. The highest BCUT2D eigenvalue weighted by molar-refractivity contribution is 9.10. The lowest BCUT2D eigenvalue weighted by atomic mass is 10.1. The molecule has 0 radical (unpaired) electrons. The van der Waals surface area contributed by atoms with Crippen LogP contribution in [0, 0.1) is 5.82 Å². The fourth-order valence-corrected chi connectivity index (χ4v) is 3.45. The van der Waals surface area contributed by atoms with E-state index in [1.165, 1.54) is 0 Å². The second-order valence-corrected chi connectivity index (χ2v) is 6.22. The Kier molecular flexibility index (Phi) is 4.93. The molecule has 3 N–H and O–H groups in total. The molecule has 7 heteroatoms. The second-order valence-electron chi connectivity index (χ2n) is 4.20. The summed E-state index contributed by atoms with van der Waals surface area (Å²) in [6.07, 6.45) is 1.05. The van der Waals surface area contributed by atoms with Crippen molar-refractivity contribution in [1.29, 1.82) is 0 Å². The summed E-state index contributed by atoms with van der Waals surface area (Å²) in [6.45, 7) is 1.68. The zero-order chi connectivity index (χ0) is 13.8. The van der Waals surface area contributed by atoms with Gasteiger partial charge in [0.2, 0.25) is 0 Å². The molecule has 0 aromatic heterocycles. The normalized spacial score (nSPS) is 17.4. The Morgan fingerprint density at radius 1 is 1.42 bits per heavy atom. The average molecular weight is 348 g/mol. The largest absolute Gasteiger partial charge is 0.409 e. The smallest absolute Gasteiger partial charge is 0.171 e. The van der Waals surface area contributed by atoms with Crippen LogP contribution >= 0.6 is 27.7 Å². The number of halogens is 2. The van der Waals surface area contributed by atoms with Gasteiger partial charge in [0.05, 0.1) is 10.2 Å². The van der Waals surface area contributed by atoms with E-state index in [2.05, 4.69) is 21.1 Å². The highest BCUT2D eigenvalue weighted by atomic mass is 79.9. The molecule has 0 amide bonds. The van der Waals surface area contributed by atoms with Crippen molar-refractivity contribution in [2.45, 2.75) is 6.42 Å². The number of hydrogen-bond acceptors (Lipinski definition) is 4. The summed E-state index contributed by atoms with van der Waals surface area (Å²) in [6, 6.07) is 3.35. The molecule has 1 aromatic carbocycles. The molecule has 1 aliphatic heterocycles. The standard InChI is InChI=1S/C12H15BrFN3OS/c13-10-8(12(15)16-18)2-3-9(11(10)14)17-4-1-6-19-7-5-17/h2-3,18H,1,4-7H2,(H2,15,16). The van der Waals surface area contributed by atoms with Crippen LogP contribution in [-0.2, 0) is 0 Å². The van der Waals surface area contributed by atoms with E-state index in [0.717, 1.165) is 31.0 Å². The monoisotopic (exact) mass is 347 g/mol. The summed E-state index contributed by atoms with van der Waals surface area (Å²) < 4.78 is 14.6. The van der Waals surface area contributed by atoms with Crippen LogP contribution in [0.1, 0.15) is 12.0 Å². The summed E-state index contributed by atoms with van der Waals surface area (Å²) in [5.41, 5.74) is 6.42. The van der Waals surface area contributed by atoms with Crippen molar-refractivity contribution in [3.05, 3.63) is 28.0 Å². The maximum Gasteiger partial charge on any atom is 0.171 e. The van der Waals surface area contributed by atoms with Gasteiger partial charge < -0.3 is 15.8 Å². The second kappa shape index (κ2) is 6.47. The van der Waals surface area contributed by atoms with Gasteiger partial charge in [0.25, 0.3) is 0 Å². The van der Waals surface area contributed by atoms with Gasteiger partial charge in [0, 0.05) is 24.4 Å². The van der Waals surface area contributed by atoms with E-state index in [1.807, 2.05) is 16.7 Å². The first kappa shape index (κ1) is 14.5. The average Bonchev–Trinajstić information content (AvgIpc) is 2.70. The van der Waals surface area contributed by atoms with Crippen molar-refractivity contribution in [3.63, 3.8) is 0 Å². The van der Waals surface area contributed by atoms with Gasteiger partial charge >= 0.3 is 0 Å². The zero-order valence-corrected chi connectivity index (χ0v) is 12.7. The van der Waals surface area contributed by atoms with Crippen LogP contribution in [0.2, 0.25) is 0 Å². The minimum Gasteiger partial charge on any atom is -0.409 e. The minimum atomic E-state index is -0.365. The first-order valence-corrected chi connectivity index (χ1v) is 7.88. The molecular formula is C12H15BrFN3OS. The first-order chi connectivity index (χ1) is 9.15. The van der Waals surface area contributed by atoms with Crippen molar-refractivity contribution in [2.75, 3.05) is 29.5 Å². The van der Waals surface area contributed by atoms with Crippen LogP contribution in [0.15, 0.2) is 21.8 Å². The molecule has 1 aromatic rings. The van der Waals surface area contributed by atoms with Crippen LogP contribution in [-0.4, -0.2) is 35.6 Å². The lowest BCUT2D eigenvalue weighted by Gasteiger charge is -2.23. The third-order valence-electron chi connectivity index (χ3n) is 3.01. The summed E-state index contributed by atoms with van der Waals surface area (Å²) >= 11 is 5.07. The van der Waals surface area contributed by atoms with Crippen molar-refractivity contribution >= 4 is 39.2 Å². The maximum atomic E-state index is 14.4. The molecule has 2 rings (SSSR count). The topological polar surface area (TPSA) is 61.9 Å². The van der Waals surface area contributed by atoms with Crippen molar-refractivity contribution in [3.8, 4) is 0 Å². The molecule has 0 spiro atoms. The lowest BCUT2D eigenvalue weighted by Crippen LogP contribution is -2.27. The predicted molar refractivity (Wildman–Crippen MR) is 80.8 cm³/mol. The number of rotatable bonds is 2. The van der Waals surface area contributed by atoms with E-state index in [1.54, 1.807) is 12.1 Å². The van der Waals surface area contributed by atoms with E-state index in [9.17, 15) is 4.39 Å². The molecule has 0 atom stereocenters. The molecule has 0 saturated carbocycles. The number of benzene rings is 1. The highest BCUT2D eigenvalue weighted by Gasteiger charge is 2.19. The Morgan fingerprint density at radius 2 is 2.21 bits per heavy atom. The van der Waals surface area contributed by atoms with E-state index in [4.69, 9.17) is 10.9 Å². The molecule has 1 saturated heterocycles. The molecule has 4 nitrogen and oxygen atoms in total. The zero-order valence-electron chi connectivity index (χ0n) is 10.3. The molecule has 1 heterocycles. The Bertz CT molecular complexity index is 490. The molecule has 0 aliphatic carbocycles. The molecule has 19 heavy (non-hydrogen) atoms. The fourth-order valence-electron chi connectivity index (χ4n) is 2.02. The number of amidine groups is 1. The summed E-state index contributed by atoms with van der Waals surface area (Å²) in [4.78, 5) is 2.04. The molecular weight excluding hydrogens is 333 g/mol. The van der Waals surface area contributed by atoms with Gasteiger partial charge in [0.15, 0.2) is 11.7 Å². The van der Waals surface area contributed by atoms with E-state index in [-0.39, 0.29) is 16.1 Å². The Hall–Kier alpha value is -0.950. The van der Waals surface area contributed by atoms with Gasteiger partial charge in [-0.15, -0.1) is 0 Å². The number of nitrogens with zero attached hydrogens (tertiary/aromatic N) is 2. The van der Waals surface area contributed by atoms with Gasteiger partial charge in [-0.05, 0) is 40.2 Å². The van der Waals surface area contributed by atoms with E-state index < -0.39 is 0 Å². The van der Waals surface area contributed by atoms with Crippen molar-refractivity contribution in [2.24, 2.45) is 10.9 Å². The van der Waals surface area contributed by atoms with Gasteiger partial charge in [0.1, 0.15) is 0 Å². The number of nitrogens with two attached hydrogens (primary N) is 1. The predicted octanol–water partition coefficient (Wildman–Crippen LogP) is 2.63. The van der Waals surface area contributed by atoms with Gasteiger partial charge in [-0.2, -0.15) is 11.8 Å². The molecule has 0 bridgehead atoms. The third kappa shape index (κ3) is 3.14. The molecule has 1 fully saturated rings. The number of anilines is 1. The lowest BCUT2D eigenvalue weighted by molar-refractivity contribution is 0.318. The minimum absolute atomic E-state index is 0.108. The number of oxime groups is 1. The first-order valence-electron chi connectivity index (χ1n) is 5.93. The molecule has 104 valence electrons. The molecule has 0 unspecified atom stereocenters. The van der Waals surface area contributed by atoms with Crippen LogP contribution < -0.4 is 10.6 Å². The van der Waals surface area contributed by atoms with Gasteiger partial charge in [-0.25, -0.2) is 4.39 Å². The number of hydrogen-bond donors (Lipinski definition) is 2. The Morgan fingerprint density at radius 3 is 2.95 bits per heavy atom. The summed E-state index contributed by atoms with van der Waals surface area (Å²) in [7, 11) is 0. The maximum absolute atomic E-state index is 14.4. The van der Waals surface area contributed by atoms with Crippen LogP contribution in [0.5, 0.6) is 0 Å². The SMILES string of the molecule is N/C(=N/O)c1ccc(N2CCCSCC2)c(F)c1Br. The molecule has 1 aliphatic rings. The summed E-state index contributed by atoms with van der Waals surface area (Å²) in [5.74, 6) is 1.64. The fraction of sp³-hybridized carbons (Fsp3) is 0.417. The van der Waals surface area contributed by atoms with Crippen molar-refractivity contribution in [1.82, 2.24) is 0 Å². The highest BCUT2D eigenvalue weighted by Crippen LogP contribution is 2.30. The van der Waals surface area contributed by atoms with Crippen LogP contribution in [0.3, 0.4) is 0 Å². The van der Waals surface area contributed by atoms with Crippen LogP contribution in [0.25, 0.3) is 0 Å². The van der Waals surface area contributed by atoms with Gasteiger partial charge in [-0.1, -0.05) is 5.16 Å². The van der Waals surface area contributed by atoms with E-state index >= 15 is 0 Å².